The summed E-state index contributed by atoms with van der Waals surface area (Å²) in [5.74, 6) is 0.867. The molecular formula is C14H18N2OS. The Morgan fingerprint density at radius 2 is 1.89 bits per heavy atom. The first-order valence-electron chi connectivity index (χ1n) is 6.30. The van der Waals surface area contributed by atoms with E-state index >= 15 is 0 Å². The van der Waals surface area contributed by atoms with Crippen molar-refractivity contribution < 1.29 is 4.74 Å². The van der Waals surface area contributed by atoms with Crippen LogP contribution in [0.3, 0.4) is 0 Å². The van der Waals surface area contributed by atoms with Crippen molar-refractivity contribution in [1.82, 2.24) is 10.2 Å². The highest BCUT2D eigenvalue weighted by molar-refractivity contribution is 7.14. The number of aromatic nitrogens is 2. The van der Waals surface area contributed by atoms with Crippen molar-refractivity contribution in [1.29, 1.82) is 0 Å². The van der Waals surface area contributed by atoms with Gasteiger partial charge in [-0.1, -0.05) is 31.1 Å². The van der Waals surface area contributed by atoms with E-state index < -0.39 is 0 Å². The van der Waals surface area contributed by atoms with E-state index in [1.807, 2.05) is 24.3 Å². The van der Waals surface area contributed by atoms with Gasteiger partial charge in [0.15, 0.2) is 0 Å². The van der Waals surface area contributed by atoms with E-state index in [1.165, 1.54) is 19.3 Å². The Bertz CT molecular complexity index is 479. The molecule has 0 saturated carbocycles. The van der Waals surface area contributed by atoms with Gasteiger partial charge in [0.2, 0.25) is 0 Å². The van der Waals surface area contributed by atoms with Crippen molar-refractivity contribution in [3.05, 3.63) is 29.3 Å². The zero-order valence-electron chi connectivity index (χ0n) is 10.8. The smallest absolute Gasteiger partial charge is 0.147 e. The quantitative estimate of drug-likeness (QED) is 0.739. The van der Waals surface area contributed by atoms with Crippen LogP contribution in [0.1, 0.15) is 31.2 Å². The fourth-order valence-electron chi connectivity index (χ4n) is 1.73. The molecule has 1 aromatic heterocycles. The van der Waals surface area contributed by atoms with E-state index in [2.05, 4.69) is 17.1 Å². The maximum Gasteiger partial charge on any atom is 0.147 e. The Morgan fingerprint density at radius 3 is 2.56 bits per heavy atom. The van der Waals surface area contributed by atoms with Gasteiger partial charge in [-0.2, -0.15) is 0 Å². The molecule has 2 aromatic rings. The molecule has 0 radical (unpaired) electrons. The fraction of sp³-hybridized carbons (Fsp3) is 0.429. The summed E-state index contributed by atoms with van der Waals surface area (Å²) >= 11 is 1.69. The normalized spacial score (nSPS) is 10.6. The molecule has 4 heteroatoms. The summed E-state index contributed by atoms with van der Waals surface area (Å²) in [6, 6.07) is 7.95. The molecule has 2 rings (SSSR count). The highest BCUT2D eigenvalue weighted by Gasteiger charge is 2.06. The van der Waals surface area contributed by atoms with Crippen molar-refractivity contribution in [3.63, 3.8) is 0 Å². The van der Waals surface area contributed by atoms with E-state index in [0.29, 0.717) is 0 Å². The highest BCUT2D eigenvalue weighted by atomic mass is 32.1. The van der Waals surface area contributed by atoms with Gasteiger partial charge in [-0.05, 0) is 30.7 Å². The molecule has 0 N–H and O–H groups in total. The van der Waals surface area contributed by atoms with Gasteiger partial charge in [0.05, 0.1) is 7.11 Å². The summed E-state index contributed by atoms with van der Waals surface area (Å²) in [6.45, 7) is 2.21. The molecule has 0 aliphatic rings. The number of ether oxygens (including phenoxy) is 1. The van der Waals surface area contributed by atoms with Gasteiger partial charge in [-0.25, -0.2) is 0 Å². The first kappa shape index (κ1) is 13.0. The minimum absolute atomic E-state index is 0.867. The summed E-state index contributed by atoms with van der Waals surface area (Å²) in [4.78, 5) is 0. The number of hydrogen-bond acceptors (Lipinski definition) is 4. The largest absolute Gasteiger partial charge is 0.497 e. The van der Waals surface area contributed by atoms with Gasteiger partial charge in [-0.3, -0.25) is 0 Å². The lowest BCUT2D eigenvalue weighted by Gasteiger charge is -1.99. The SMILES string of the molecule is CCCCCc1nnc(-c2ccc(OC)cc2)s1. The molecule has 0 unspecified atom stereocenters. The van der Waals surface area contributed by atoms with Crippen molar-refractivity contribution in [2.24, 2.45) is 0 Å². The third kappa shape index (κ3) is 3.29. The standard InChI is InChI=1S/C14H18N2OS/c1-3-4-5-6-13-15-16-14(18-13)11-7-9-12(17-2)10-8-11/h7-10H,3-6H2,1-2H3. The number of benzene rings is 1. The molecule has 1 aromatic carbocycles. The van der Waals surface area contributed by atoms with Gasteiger partial charge in [0.25, 0.3) is 0 Å². The number of unbranched alkanes of at least 4 members (excludes halogenated alkanes) is 2. The Labute approximate surface area is 112 Å². The lowest BCUT2D eigenvalue weighted by molar-refractivity contribution is 0.415. The summed E-state index contributed by atoms with van der Waals surface area (Å²) < 4.78 is 5.14. The van der Waals surface area contributed by atoms with Crippen molar-refractivity contribution >= 4 is 11.3 Å². The van der Waals surface area contributed by atoms with Crippen LogP contribution in [0.5, 0.6) is 5.75 Å². The Balaban J connectivity index is 2.04. The van der Waals surface area contributed by atoms with Crippen LogP contribution in [0.25, 0.3) is 10.6 Å². The average Bonchev–Trinajstić information content (AvgIpc) is 2.88. The maximum absolute atomic E-state index is 5.14. The van der Waals surface area contributed by atoms with Crippen LogP contribution in [0.15, 0.2) is 24.3 Å². The Morgan fingerprint density at radius 1 is 1.11 bits per heavy atom. The van der Waals surface area contributed by atoms with Crippen LogP contribution in [-0.2, 0) is 6.42 Å². The van der Waals surface area contributed by atoms with Gasteiger partial charge in [0.1, 0.15) is 15.8 Å². The second-order valence-electron chi connectivity index (χ2n) is 4.19. The molecule has 3 nitrogen and oxygen atoms in total. The second kappa shape index (κ2) is 6.50. The average molecular weight is 262 g/mol. The second-order valence-corrected chi connectivity index (χ2v) is 5.25. The molecule has 0 aliphatic heterocycles. The van der Waals surface area contributed by atoms with Crippen molar-refractivity contribution in [2.45, 2.75) is 32.6 Å². The zero-order valence-corrected chi connectivity index (χ0v) is 11.7. The molecule has 0 fully saturated rings. The van der Waals surface area contributed by atoms with E-state index in [0.717, 1.165) is 27.7 Å². The van der Waals surface area contributed by atoms with E-state index in [-0.39, 0.29) is 0 Å². The first-order valence-corrected chi connectivity index (χ1v) is 7.12. The van der Waals surface area contributed by atoms with Crippen LogP contribution >= 0.6 is 11.3 Å². The van der Waals surface area contributed by atoms with E-state index in [4.69, 9.17) is 4.74 Å². The number of nitrogens with zero attached hydrogens (tertiary/aromatic N) is 2. The predicted molar refractivity (Wildman–Crippen MR) is 75.1 cm³/mol. The van der Waals surface area contributed by atoms with E-state index in [9.17, 15) is 0 Å². The van der Waals surface area contributed by atoms with Crippen LogP contribution in [0.2, 0.25) is 0 Å². The van der Waals surface area contributed by atoms with Crippen molar-refractivity contribution in [3.8, 4) is 16.3 Å². The number of methoxy groups -OCH3 is 1. The van der Waals surface area contributed by atoms with Crippen LogP contribution < -0.4 is 4.74 Å². The molecule has 1 heterocycles. The lowest BCUT2D eigenvalue weighted by Crippen LogP contribution is -1.83. The first-order chi connectivity index (χ1) is 8.83. The number of hydrogen-bond donors (Lipinski definition) is 0. The minimum Gasteiger partial charge on any atom is -0.497 e. The summed E-state index contributed by atoms with van der Waals surface area (Å²) in [5.41, 5.74) is 1.11. The molecule has 0 bridgehead atoms. The van der Waals surface area contributed by atoms with Gasteiger partial charge in [-0.15, -0.1) is 10.2 Å². The molecule has 96 valence electrons. The van der Waals surface area contributed by atoms with Crippen LogP contribution in [0.4, 0.5) is 0 Å². The molecule has 0 aliphatic carbocycles. The van der Waals surface area contributed by atoms with Gasteiger partial charge >= 0.3 is 0 Å². The maximum atomic E-state index is 5.14. The predicted octanol–water partition coefficient (Wildman–Crippen LogP) is 3.95. The molecule has 18 heavy (non-hydrogen) atoms. The minimum atomic E-state index is 0.867. The fourth-order valence-corrected chi connectivity index (χ4v) is 2.62. The van der Waals surface area contributed by atoms with Gasteiger partial charge in [0, 0.05) is 12.0 Å². The summed E-state index contributed by atoms with van der Waals surface area (Å²) in [5, 5.41) is 10.6. The molecule has 0 spiro atoms. The summed E-state index contributed by atoms with van der Waals surface area (Å²) in [6.07, 6.45) is 4.75. The molecule has 0 saturated heterocycles. The Kier molecular flexibility index (Phi) is 4.70. The third-order valence-corrected chi connectivity index (χ3v) is 3.83. The third-order valence-electron chi connectivity index (χ3n) is 2.80. The monoisotopic (exact) mass is 262 g/mol. The summed E-state index contributed by atoms with van der Waals surface area (Å²) in [7, 11) is 1.67. The van der Waals surface area contributed by atoms with Crippen LogP contribution in [-0.4, -0.2) is 17.3 Å². The van der Waals surface area contributed by atoms with E-state index in [1.54, 1.807) is 18.4 Å². The van der Waals surface area contributed by atoms with Crippen LogP contribution in [0, 0.1) is 0 Å². The number of aryl methyl sites for hydroxylation is 1. The molecular weight excluding hydrogens is 244 g/mol. The Hall–Kier alpha value is -1.42. The zero-order chi connectivity index (χ0) is 12.8. The molecule has 0 atom stereocenters. The topological polar surface area (TPSA) is 35.0 Å². The lowest BCUT2D eigenvalue weighted by atomic mass is 10.2. The van der Waals surface area contributed by atoms with Gasteiger partial charge < -0.3 is 4.74 Å². The highest BCUT2D eigenvalue weighted by Crippen LogP contribution is 2.26. The molecule has 0 amide bonds. The van der Waals surface area contributed by atoms with Crippen molar-refractivity contribution in [2.75, 3.05) is 7.11 Å². The number of rotatable bonds is 6.